The molecular weight excluding hydrogens is 298 g/mol. The summed E-state index contributed by atoms with van der Waals surface area (Å²) in [5.74, 6) is 0.718. The molecule has 0 unspecified atom stereocenters. The number of aryl methyl sites for hydroxylation is 1. The van der Waals surface area contributed by atoms with E-state index in [1.54, 1.807) is 0 Å². The van der Waals surface area contributed by atoms with E-state index in [9.17, 15) is 4.79 Å². The Hall–Kier alpha value is -1.42. The van der Waals surface area contributed by atoms with Gasteiger partial charge in [-0.05, 0) is 37.3 Å². The zero-order valence-electron chi connectivity index (χ0n) is 15.0. The van der Waals surface area contributed by atoms with Crippen molar-refractivity contribution in [2.45, 2.75) is 58.4 Å². The molecule has 1 aliphatic heterocycles. The van der Waals surface area contributed by atoms with E-state index in [0.717, 1.165) is 64.1 Å². The van der Waals surface area contributed by atoms with E-state index in [2.05, 4.69) is 33.8 Å². The number of nitrogens with zero attached hydrogens (tertiary/aromatic N) is 3. The number of carbonyl (C=O) groups is 1. The van der Waals surface area contributed by atoms with Crippen LogP contribution in [-0.4, -0.2) is 46.9 Å². The van der Waals surface area contributed by atoms with Crippen molar-refractivity contribution in [2.24, 2.45) is 5.92 Å². The normalized spacial score (nSPS) is 20.8. The van der Waals surface area contributed by atoms with Gasteiger partial charge in [0.25, 0.3) is 0 Å². The second-order valence-electron chi connectivity index (χ2n) is 7.30. The van der Waals surface area contributed by atoms with E-state index in [0.29, 0.717) is 11.8 Å². The van der Waals surface area contributed by atoms with Crippen LogP contribution in [0.1, 0.15) is 56.7 Å². The maximum Gasteiger partial charge on any atom is 0.225 e. The van der Waals surface area contributed by atoms with Gasteiger partial charge in [-0.2, -0.15) is 0 Å². The van der Waals surface area contributed by atoms with Crippen molar-refractivity contribution in [3.63, 3.8) is 0 Å². The topological polar surface area (TPSA) is 36.4 Å². The number of aromatic nitrogens is 1. The molecule has 0 atom stereocenters. The fourth-order valence-electron chi connectivity index (χ4n) is 3.94. The van der Waals surface area contributed by atoms with Gasteiger partial charge < -0.3 is 4.90 Å². The van der Waals surface area contributed by atoms with E-state index in [1.165, 1.54) is 24.8 Å². The SMILES string of the molecule is CCc1ccc(CN2CCCN(C(=O)C3CCCCC3)CC2)nc1. The molecule has 0 bridgehead atoms. The van der Waals surface area contributed by atoms with Crippen LogP contribution in [-0.2, 0) is 17.8 Å². The van der Waals surface area contributed by atoms with Gasteiger partial charge in [-0.3, -0.25) is 14.7 Å². The van der Waals surface area contributed by atoms with Crippen molar-refractivity contribution in [2.75, 3.05) is 26.2 Å². The molecule has 1 saturated carbocycles. The Kier molecular flexibility index (Phi) is 6.24. The summed E-state index contributed by atoms with van der Waals surface area (Å²) in [5, 5.41) is 0. The van der Waals surface area contributed by atoms with Crippen LogP contribution in [0.25, 0.3) is 0 Å². The van der Waals surface area contributed by atoms with Gasteiger partial charge in [-0.1, -0.05) is 32.3 Å². The molecule has 0 aromatic carbocycles. The van der Waals surface area contributed by atoms with Crippen LogP contribution in [0.5, 0.6) is 0 Å². The second kappa shape index (κ2) is 8.61. The molecule has 0 spiro atoms. The molecule has 24 heavy (non-hydrogen) atoms. The zero-order chi connectivity index (χ0) is 16.8. The van der Waals surface area contributed by atoms with Crippen LogP contribution in [0.4, 0.5) is 0 Å². The molecule has 4 heteroatoms. The van der Waals surface area contributed by atoms with Crippen molar-refractivity contribution < 1.29 is 4.79 Å². The number of pyridine rings is 1. The number of carbonyl (C=O) groups excluding carboxylic acids is 1. The van der Waals surface area contributed by atoms with Crippen LogP contribution in [0.2, 0.25) is 0 Å². The summed E-state index contributed by atoms with van der Waals surface area (Å²) in [6, 6.07) is 4.33. The Morgan fingerprint density at radius 2 is 1.92 bits per heavy atom. The Morgan fingerprint density at radius 1 is 1.08 bits per heavy atom. The fourth-order valence-corrected chi connectivity index (χ4v) is 3.94. The first-order valence-electron chi connectivity index (χ1n) is 9.71. The third-order valence-corrected chi connectivity index (χ3v) is 5.53. The smallest absolute Gasteiger partial charge is 0.225 e. The van der Waals surface area contributed by atoms with Gasteiger partial charge in [0.1, 0.15) is 0 Å². The Labute approximate surface area is 146 Å². The van der Waals surface area contributed by atoms with Crippen LogP contribution in [0.15, 0.2) is 18.3 Å². The average Bonchev–Trinajstić information content (AvgIpc) is 2.88. The third-order valence-electron chi connectivity index (χ3n) is 5.53. The Morgan fingerprint density at radius 3 is 2.62 bits per heavy atom. The molecule has 0 N–H and O–H groups in total. The molecule has 2 fully saturated rings. The number of rotatable bonds is 4. The highest BCUT2D eigenvalue weighted by atomic mass is 16.2. The van der Waals surface area contributed by atoms with Gasteiger partial charge in [-0.25, -0.2) is 0 Å². The van der Waals surface area contributed by atoms with E-state index in [1.807, 2.05) is 6.20 Å². The minimum Gasteiger partial charge on any atom is -0.341 e. The van der Waals surface area contributed by atoms with Crippen molar-refractivity contribution in [3.8, 4) is 0 Å². The lowest BCUT2D eigenvalue weighted by Crippen LogP contribution is -2.39. The lowest BCUT2D eigenvalue weighted by Gasteiger charge is -2.28. The average molecular weight is 329 g/mol. The molecule has 2 heterocycles. The van der Waals surface area contributed by atoms with E-state index < -0.39 is 0 Å². The minimum atomic E-state index is 0.300. The Balaban J connectivity index is 1.51. The van der Waals surface area contributed by atoms with Crippen molar-refractivity contribution >= 4 is 5.91 Å². The molecule has 1 aliphatic carbocycles. The molecule has 1 aromatic rings. The van der Waals surface area contributed by atoms with Gasteiger partial charge >= 0.3 is 0 Å². The van der Waals surface area contributed by atoms with Crippen LogP contribution < -0.4 is 0 Å². The fraction of sp³-hybridized carbons (Fsp3) is 0.700. The molecule has 132 valence electrons. The number of hydrogen-bond donors (Lipinski definition) is 0. The summed E-state index contributed by atoms with van der Waals surface area (Å²) in [6.07, 6.45) is 10.1. The predicted octanol–water partition coefficient (Wildman–Crippen LogP) is 3.26. The lowest BCUT2D eigenvalue weighted by molar-refractivity contribution is -0.136. The molecule has 2 aliphatic rings. The first kappa shape index (κ1) is 17.4. The summed E-state index contributed by atoms with van der Waals surface area (Å²) in [6.45, 7) is 6.89. The monoisotopic (exact) mass is 329 g/mol. The van der Waals surface area contributed by atoms with E-state index in [-0.39, 0.29) is 0 Å². The molecule has 1 aromatic heterocycles. The second-order valence-corrected chi connectivity index (χ2v) is 7.30. The first-order valence-corrected chi connectivity index (χ1v) is 9.71. The zero-order valence-corrected chi connectivity index (χ0v) is 15.0. The van der Waals surface area contributed by atoms with Crippen molar-refractivity contribution in [1.29, 1.82) is 0 Å². The summed E-state index contributed by atoms with van der Waals surface area (Å²) >= 11 is 0. The maximum atomic E-state index is 12.7. The van der Waals surface area contributed by atoms with E-state index in [4.69, 9.17) is 0 Å². The summed E-state index contributed by atoms with van der Waals surface area (Å²) < 4.78 is 0. The quantitative estimate of drug-likeness (QED) is 0.851. The van der Waals surface area contributed by atoms with Crippen molar-refractivity contribution in [3.05, 3.63) is 29.6 Å². The molecular formula is C20H31N3O. The highest BCUT2D eigenvalue weighted by Gasteiger charge is 2.27. The largest absolute Gasteiger partial charge is 0.341 e. The third kappa shape index (κ3) is 4.56. The van der Waals surface area contributed by atoms with Crippen molar-refractivity contribution in [1.82, 2.24) is 14.8 Å². The first-order chi connectivity index (χ1) is 11.8. The standard InChI is InChI=1S/C20H31N3O/c1-2-17-9-10-19(21-15-17)16-22-11-6-12-23(14-13-22)20(24)18-7-4-3-5-8-18/h9-10,15,18H,2-8,11-14,16H2,1H3. The molecule has 4 nitrogen and oxygen atoms in total. The van der Waals surface area contributed by atoms with Crippen LogP contribution >= 0.6 is 0 Å². The highest BCUT2D eigenvalue weighted by molar-refractivity contribution is 5.79. The summed E-state index contributed by atoms with van der Waals surface area (Å²) in [7, 11) is 0. The summed E-state index contributed by atoms with van der Waals surface area (Å²) in [4.78, 5) is 21.9. The van der Waals surface area contributed by atoms with E-state index >= 15 is 0 Å². The van der Waals surface area contributed by atoms with Gasteiger partial charge in [0.15, 0.2) is 0 Å². The minimum absolute atomic E-state index is 0.300. The molecule has 3 rings (SSSR count). The van der Waals surface area contributed by atoms with Gasteiger partial charge in [-0.15, -0.1) is 0 Å². The van der Waals surface area contributed by atoms with Crippen LogP contribution in [0.3, 0.4) is 0 Å². The maximum absolute atomic E-state index is 12.7. The molecule has 1 amide bonds. The molecule has 1 saturated heterocycles. The lowest BCUT2D eigenvalue weighted by atomic mass is 9.88. The predicted molar refractivity (Wildman–Crippen MR) is 96.7 cm³/mol. The number of hydrogen-bond acceptors (Lipinski definition) is 3. The van der Waals surface area contributed by atoms with Crippen LogP contribution in [0, 0.1) is 5.92 Å². The van der Waals surface area contributed by atoms with Gasteiger partial charge in [0.2, 0.25) is 5.91 Å². The van der Waals surface area contributed by atoms with Gasteiger partial charge in [0.05, 0.1) is 5.69 Å². The highest BCUT2D eigenvalue weighted by Crippen LogP contribution is 2.25. The molecule has 0 radical (unpaired) electrons. The van der Waals surface area contributed by atoms with Gasteiger partial charge in [0, 0.05) is 44.8 Å². The Bertz CT molecular complexity index is 522. The summed E-state index contributed by atoms with van der Waals surface area (Å²) in [5.41, 5.74) is 2.43. The number of amides is 1.